The van der Waals surface area contributed by atoms with Crippen LogP contribution in [0.1, 0.15) is 51.0 Å². The Bertz CT molecular complexity index is 784. The van der Waals surface area contributed by atoms with E-state index in [1.165, 1.54) is 10.9 Å². The molecular weight excluding hydrogens is 340 g/mol. The second-order valence-corrected chi connectivity index (χ2v) is 8.13. The van der Waals surface area contributed by atoms with Crippen LogP contribution in [0.3, 0.4) is 0 Å². The van der Waals surface area contributed by atoms with Crippen LogP contribution >= 0.6 is 0 Å². The predicted molar refractivity (Wildman–Crippen MR) is 106 cm³/mol. The molecule has 0 bridgehead atoms. The van der Waals surface area contributed by atoms with Gasteiger partial charge < -0.3 is 14.1 Å². The molecule has 2 saturated heterocycles. The van der Waals surface area contributed by atoms with E-state index in [1.807, 2.05) is 17.9 Å². The lowest BCUT2D eigenvalue weighted by Gasteiger charge is -2.49. The van der Waals surface area contributed by atoms with Crippen molar-refractivity contribution in [3.05, 3.63) is 36.1 Å². The minimum absolute atomic E-state index is 0.162. The number of amides is 1. The molecule has 27 heavy (non-hydrogen) atoms. The summed E-state index contributed by atoms with van der Waals surface area (Å²) in [5, 5.41) is 1.20. The summed E-state index contributed by atoms with van der Waals surface area (Å²) in [5.74, 6) is 0.569. The number of hydrogen-bond acceptors (Lipinski definition) is 4. The standard InChI is InChI=1S/C22H30N2O3/c1-3-26-21(25)23-14-10-22(2,11-15-23)24-12-7-17(8-13-24)19-6-4-5-18-9-16-27-20(18)19/h4-6,9,16-17H,3,7-8,10-15H2,1-2H3. The number of likely N-dealkylation sites (tertiary alicyclic amines) is 2. The van der Waals surface area contributed by atoms with Gasteiger partial charge in [0, 0.05) is 24.0 Å². The van der Waals surface area contributed by atoms with Gasteiger partial charge in [-0.05, 0) is 70.2 Å². The van der Waals surface area contributed by atoms with Gasteiger partial charge in [-0.2, -0.15) is 0 Å². The first-order chi connectivity index (χ1) is 13.1. The van der Waals surface area contributed by atoms with Gasteiger partial charge in [0.05, 0.1) is 12.9 Å². The summed E-state index contributed by atoms with van der Waals surface area (Å²) in [6.07, 6.45) is 5.99. The average molecular weight is 370 g/mol. The maximum absolute atomic E-state index is 12.0. The van der Waals surface area contributed by atoms with Gasteiger partial charge >= 0.3 is 6.09 Å². The van der Waals surface area contributed by atoms with Gasteiger partial charge in [-0.25, -0.2) is 4.79 Å². The first-order valence-corrected chi connectivity index (χ1v) is 10.2. The Morgan fingerprint density at radius 3 is 2.63 bits per heavy atom. The summed E-state index contributed by atoms with van der Waals surface area (Å²) >= 11 is 0. The van der Waals surface area contributed by atoms with E-state index in [-0.39, 0.29) is 11.6 Å². The van der Waals surface area contributed by atoms with E-state index >= 15 is 0 Å². The molecule has 0 spiro atoms. The van der Waals surface area contributed by atoms with Crippen molar-refractivity contribution in [3.63, 3.8) is 0 Å². The maximum Gasteiger partial charge on any atom is 0.409 e. The normalized spacial score (nSPS) is 21.5. The number of furan rings is 1. The molecule has 0 atom stereocenters. The number of carbonyl (C=O) groups excluding carboxylic acids is 1. The molecule has 4 rings (SSSR count). The largest absolute Gasteiger partial charge is 0.464 e. The Morgan fingerprint density at radius 2 is 1.93 bits per heavy atom. The van der Waals surface area contributed by atoms with E-state index in [9.17, 15) is 4.79 Å². The molecule has 1 amide bonds. The van der Waals surface area contributed by atoms with E-state index in [0.717, 1.165) is 57.4 Å². The Kier molecular flexibility index (Phi) is 5.13. The van der Waals surface area contributed by atoms with Crippen molar-refractivity contribution in [1.29, 1.82) is 0 Å². The van der Waals surface area contributed by atoms with Crippen molar-refractivity contribution in [2.45, 2.75) is 51.0 Å². The van der Waals surface area contributed by atoms with E-state index in [2.05, 4.69) is 30.0 Å². The third kappa shape index (κ3) is 3.57. The highest BCUT2D eigenvalue weighted by Gasteiger charge is 2.39. The lowest BCUT2D eigenvalue weighted by molar-refractivity contribution is 0.0150. The van der Waals surface area contributed by atoms with Crippen molar-refractivity contribution in [2.75, 3.05) is 32.8 Å². The second-order valence-electron chi connectivity index (χ2n) is 8.13. The second kappa shape index (κ2) is 7.55. The zero-order valence-corrected chi connectivity index (χ0v) is 16.4. The Morgan fingerprint density at radius 1 is 1.19 bits per heavy atom. The van der Waals surface area contributed by atoms with Crippen molar-refractivity contribution in [3.8, 4) is 0 Å². The van der Waals surface area contributed by atoms with Crippen molar-refractivity contribution >= 4 is 17.1 Å². The zero-order chi connectivity index (χ0) is 18.9. The first kappa shape index (κ1) is 18.4. The van der Waals surface area contributed by atoms with Gasteiger partial charge in [-0.15, -0.1) is 0 Å². The fourth-order valence-electron chi connectivity index (χ4n) is 4.77. The summed E-state index contributed by atoms with van der Waals surface area (Å²) in [6, 6.07) is 8.54. The fourth-order valence-corrected chi connectivity index (χ4v) is 4.77. The van der Waals surface area contributed by atoms with Crippen molar-refractivity contribution < 1.29 is 13.9 Å². The summed E-state index contributed by atoms with van der Waals surface area (Å²) in [5.41, 5.74) is 2.61. The Balaban J connectivity index is 1.37. The highest BCUT2D eigenvalue weighted by molar-refractivity contribution is 5.80. The molecule has 5 nitrogen and oxygen atoms in total. The van der Waals surface area contributed by atoms with E-state index in [4.69, 9.17) is 9.15 Å². The lowest BCUT2D eigenvalue weighted by Crippen LogP contribution is -2.56. The third-order valence-electron chi connectivity index (χ3n) is 6.57. The zero-order valence-electron chi connectivity index (χ0n) is 16.4. The predicted octanol–water partition coefficient (Wildman–Crippen LogP) is 4.62. The van der Waals surface area contributed by atoms with E-state index < -0.39 is 0 Å². The number of piperidine rings is 2. The molecule has 3 heterocycles. The van der Waals surface area contributed by atoms with Gasteiger partial charge in [0.15, 0.2) is 0 Å². The number of carbonyl (C=O) groups is 1. The SMILES string of the molecule is CCOC(=O)N1CCC(C)(N2CCC(c3cccc4ccoc34)CC2)CC1. The van der Waals surface area contributed by atoms with Crippen molar-refractivity contribution in [1.82, 2.24) is 9.80 Å². The molecule has 0 aliphatic carbocycles. The van der Waals surface area contributed by atoms with Crippen LogP contribution in [0, 0.1) is 0 Å². The quantitative estimate of drug-likeness (QED) is 0.791. The molecule has 0 N–H and O–H groups in total. The molecule has 0 radical (unpaired) electrons. The van der Waals surface area contributed by atoms with Crippen LogP contribution in [-0.2, 0) is 4.74 Å². The summed E-state index contributed by atoms with van der Waals surface area (Å²) in [7, 11) is 0. The van der Waals surface area contributed by atoms with Crippen LogP contribution in [0.25, 0.3) is 11.0 Å². The minimum Gasteiger partial charge on any atom is -0.464 e. The van der Waals surface area contributed by atoms with Crippen LogP contribution in [-0.4, -0.2) is 54.2 Å². The maximum atomic E-state index is 12.0. The number of fused-ring (bicyclic) bond motifs is 1. The number of nitrogens with zero attached hydrogens (tertiary/aromatic N) is 2. The highest BCUT2D eigenvalue weighted by Crippen LogP contribution is 2.38. The summed E-state index contributed by atoms with van der Waals surface area (Å²) in [4.78, 5) is 16.5. The van der Waals surface area contributed by atoms with E-state index in [1.54, 1.807) is 6.26 Å². The molecule has 1 aromatic heterocycles. The lowest BCUT2D eigenvalue weighted by atomic mass is 9.82. The molecule has 0 saturated carbocycles. The average Bonchev–Trinajstić information content (AvgIpc) is 3.18. The third-order valence-corrected chi connectivity index (χ3v) is 6.57. The van der Waals surface area contributed by atoms with Gasteiger partial charge in [0.2, 0.25) is 0 Å². The Labute approximate surface area is 161 Å². The summed E-state index contributed by atoms with van der Waals surface area (Å²) in [6.45, 7) is 8.47. The number of benzene rings is 1. The molecule has 146 valence electrons. The number of para-hydroxylation sites is 1. The molecule has 2 fully saturated rings. The molecule has 5 heteroatoms. The van der Waals surface area contributed by atoms with Crippen LogP contribution in [0.4, 0.5) is 4.79 Å². The fraction of sp³-hybridized carbons (Fsp3) is 0.591. The first-order valence-electron chi connectivity index (χ1n) is 10.2. The van der Waals surface area contributed by atoms with Crippen LogP contribution in [0.5, 0.6) is 0 Å². The Hall–Kier alpha value is -2.01. The molecule has 2 aromatic rings. The van der Waals surface area contributed by atoms with Crippen molar-refractivity contribution in [2.24, 2.45) is 0 Å². The molecule has 0 unspecified atom stereocenters. The van der Waals surface area contributed by atoms with Gasteiger partial charge in [0.1, 0.15) is 5.58 Å². The monoisotopic (exact) mass is 370 g/mol. The minimum atomic E-state index is -0.162. The number of ether oxygens (including phenoxy) is 1. The topological polar surface area (TPSA) is 45.9 Å². The smallest absolute Gasteiger partial charge is 0.409 e. The molecule has 2 aliphatic rings. The molecule has 1 aromatic carbocycles. The van der Waals surface area contributed by atoms with Gasteiger partial charge in [0.25, 0.3) is 0 Å². The van der Waals surface area contributed by atoms with Crippen LogP contribution in [0.15, 0.2) is 34.9 Å². The number of rotatable bonds is 3. The van der Waals surface area contributed by atoms with Gasteiger partial charge in [-0.1, -0.05) is 18.2 Å². The summed E-state index contributed by atoms with van der Waals surface area (Å²) < 4.78 is 10.9. The molecule has 2 aliphatic heterocycles. The van der Waals surface area contributed by atoms with Gasteiger partial charge in [-0.3, -0.25) is 4.90 Å². The van der Waals surface area contributed by atoms with Crippen LogP contribution in [0.2, 0.25) is 0 Å². The van der Waals surface area contributed by atoms with E-state index in [0.29, 0.717) is 12.5 Å². The molecular formula is C22H30N2O3. The van der Waals surface area contributed by atoms with Crippen LogP contribution < -0.4 is 0 Å². The number of hydrogen-bond donors (Lipinski definition) is 0. The highest BCUT2D eigenvalue weighted by atomic mass is 16.6.